The van der Waals surface area contributed by atoms with E-state index in [1.165, 1.54) is 49.7 Å². The highest BCUT2D eigenvalue weighted by molar-refractivity contribution is 5.10. The summed E-state index contributed by atoms with van der Waals surface area (Å²) in [5.41, 5.74) is 8.82. The first kappa shape index (κ1) is 20.4. The second-order valence-electron chi connectivity index (χ2n) is 6.66. The fourth-order valence-electron chi connectivity index (χ4n) is 2.93. The van der Waals surface area contributed by atoms with Crippen molar-refractivity contribution in [3.8, 4) is 0 Å². The summed E-state index contributed by atoms with van der Waals surface area (Å²) in [5, 5.41) is 0. The Kier molecular flexibility index (Phi) is 11.7. The van der Waals surface area contributed by atoms with Crippen LogP contribution >= 0.6 is 0 Å². The molecule has 0 aromatic rings. The zero-order valence-corrected chi connectivity index (χ0v) is 15.1. The van der Waals surface area contributed by atoms with Gasteiger partial charge in [0.2, 0.25) is 0 Å². The molecule has 1 unspecified atom stereocenters. The van der Waals surface area contributed by atoms with Gasteiger partial charge in [0.05, 0.1) is 0 Å². The molecular weight excluding hydrogens is 254 g/mol. The van der Waals surface area contributed by atoms with Gasteiger partial charge in [0.15, 0.2) is 0 Å². The van der Waals surface area contributed by atoms with Gasteiger partial charge in [0.1, 0.15) is 0 Å². The molecule has 0 aromatic carbocycles. The third kappa shape index (κ3) is 9.14. The molecule has 21 heavy (non-hydrogen) atoms. The molecule has 0 aliphatic rings. The van der Waals surface area contributed by atoms with Crippen LogP contribution in [0.5, 0.6) is 0 Å². The van der Waals surface area contributed by atoms with Crippen molar-refractivity contribution in [3.63, 3.8) is 0 Å². The Labute approximate surface area is 134 Å². The third-order valence-corrected chi connectivity index (χ3v) is 5.12. The fourth-order valence-corrected chi connectivity index (χ4v) is 2.93. The van der Waals surface area contributed by atoms with Crippen LogP contribution in [-0.2, 0) is 0 Å². The summed E-state index contributed by atoms with van der Waals surface area (Å²) in [5.74, 6) is 1.67. The lowest BCUT2D eigenvalue weighted by Crippen LogP contribution is -2.23. The van der Waals surface area contributed by atoms with Crippen molar-refractivity contribution in [3.05, 3.63) is 24.3 Å². The van der Waals surface area contributed by atoms with Crippen molar-refractivity contribution in [2.75, 3.05) is 0 Å². The van der Waals surface area contributed by atoms with Gasteiger partial charge >= 0.3 is 0 Å². The Bertz CT molecular complexity index is 284. The normalized spacial score (nSPS) is 12.9. The molecule has 0 amide bonds. The van der Waals surface area contributed by atoms with E-state index in [0.29, 0.717) is 0 Å². The van der Waals surface area contributed by atoms with E-state index in [2.05, 4.69) is 40.9 Å². The molecule has 0 spiro atoms. The van der Waals surface area contributed by atoms with Crippen LogP contribution in [0.15, 0.2) is 24.3 Å². The van der Waals surface area contributed by atoms with Crippen LogP contribution in [0, 0.1) is 11.8 Å². The third-order valence-electron chi connectivity index (χ3n) is 5.12. The summed E-state index contributed by atoms with van der Waals surface area (Å²) in [4.78, 5) is 0. The van der Waals surface area contributed by atoms with Gasteiger partial charge in [-0.15, -0.1) is 0 Å². The average Bonchev–Trinajstić information content (AvgIpc) is 2.48. The van der Waals surface area contributed by atoms with Crippen LogP contribution < -0.4 is 5.73 Å². The van der Waals surface area contributed by atoms with Gasteiger partial charge in [0.25, 0.3) is 0 Å². The molecule has 1 nitrogen and oxygen atoms in total. The monoisotopic (exact) mass is 293 g/mol. The van der Waals surface area contributed by atoms with E-state index >= 15 is 0 Å². The maximum Gasteiger partial charge on any atom is 0.0288 e. The summed E-state index contributed by atoms with van der Waals surface area (Å²) >= 11 is 0. The molecule has 124 valence electrons. The Morgan fingerprint density at radius 1 is 0.810 bits per heavy atom. The van der Waals surface area contributed by atoms with Gasteiger partial charge in [0, 0.05) is 6.04 Å². The number of hydrogen-bond acceptors (Lipinski definition) is 1. The molecule has 0 heterocycles. The summed E-state index contributed by atoms with van der Waals surface area (Å²) < 4.78 is 0. The van der Waals surface area contributed by atoms with Crippen molar-refractivity contribution in [2.24, 2.45) is 17.6 Å². The van der Waals surface area contributed by atoms with Gasteiger partial charge < -0.3 is 5.73 Å². The molecule has 0 saturated heterocycles. The number of hydrogen-bond donors (Lipinski definition) is 1. The molecule has 0 radical (unpaired) electrons. The molecule has 2 N–H and O–H groups in total. The van der Waals surface area contributed by atoms with Crippen molar-refractivity contribution in [2.45, 2.75) is 91.5 Å². The van der Waals surface area contributed by atoms with Crippen molar-refractivity contribution >= 4 is 0 Å². The maximum atomic E-state index is 6.30. The van der Waals surface area contributed by atoms with Crippen LogP contribution in [0.4, 0.5) is 0 Å². The second kappa shape index (κ2) is 12.0. The SMILES string of the molecule is C=C(CCC(CC)CC)CC(N)C(=C)CCC(CC)CC. The summed E-state index contributed by atoms with van der Waals surface area (Å²) in [6, 6.07) is 0.105. The summed E-state index contributed by atoms with van der Waals surface area (Å²) in [7, 11) is 0. The zero-order chi connectivity index (χ0) is 16.3. The average molecular weight is 294 g/mol. The van der Waals surface area contributed by atoms with Crippen molar-refractivity contribution in [1.82, 2.24) is 0 Å². The quantitative estimate of drug-likeness (QED) is 0.399. The summed E-state index contributed by atoms with van der Waals surface area (Å²) in [6.07, 6.45) is 10.7. The zero-order valence-electron chi connectivity index (χ0n) is 15.1. The molecule has 0 aromatic heterocycles. The minimum Gasteiger partial charge on any atom is -0.324 e. The smallest absolute Gasteiger partial charge is 0.0288 e. The number of rotatable bonds is 13. The minimum absolute atomic E-state index is 0.105. The first-order chi connectivity index (χ1) is 9.98. The number of nitrogens with two attached hydrogens (primary N) is 1. The van der Waals surface area contributed by atoms with Crippen LogP contribution in [0.25, 0.3) is 0 Å². The maximum absolute atomic E-state index is 6.30. The predicted molar refractivity (Wildman–Crippen MR) is 97.5 cm³/mol. The largest absolute Gasteiger partial charge is 0.324 e. The van der Waals surface area contributed by atoms with Gasteiger partial charge in [-0.3, -0.25) is 0 Å². The highest BCUT2D eigenvalue weighted by Gasteiger charge is 2.12. The first-order valence-corrected chi connectivity index (χ1v) is 9.08. The predicted octanol–water partition coefficient (Wildman–Crippen LogP) is 6.25. The minimum atomic E-state index is 0.105. The Morgan fingerprint density at radius 2 is 1.24 bits per heavy atom. The van der Waals surface area contributed by atoms with Crippen molar-refractivity contribution in [1.29, 1.82) is 0 Å². The van der Waals surface area contributed by atoms with Crippen molar-refractivity contribution < 1.29 is 0 Å². The van der Waals surface area contributed by atoms with Gasteiger partial charge in [-0.2, -0.15) is 0 Å². The van der Waals surface area contributed by atoms with Crippen LogP contribution in [0.3, 0.4) is 0 Å². The lowest BCUT2D eigenvalue weighted by molar-refractivity contribution is 0.445. The molecule has 1 heteroatoms. The molecule has 0 saturated carbocycles. The lowest BCUT2D eigenvalue weighted by Gasteiger charge is -2.20. The van der Waals surface area contributed by atoms with E-state index < -0.39 is 0 Å². The molecule has 1 atom stereocenters. The molecule has 0 bridgehead atoms. The van der Waals surface area contributed by atoms with E-state index in [-0.39, 0.29) is 6.04 Å². The van der Waals surface area contributed by atoms with Crippen LogP contribution in [-0.4, -0.2) is 6.04 Å². The van der Waals surface area contributed by atoms with Gasteiger partial charge in [-0.1, -0.05) is 77.7 Å². The highest BCUT2D eigenvalue weighted by atomic mass is 14.6. The first-order valence-electron chi connectivity index (χ1n) is 9.08. The van der Waals surface area contributed by atoms with Gasteiger partial charge in [-0.05, 0) is 43.9 Å². The van der Waals surface area contributed by atoms with E-state index in [1.807, 2.05) is 0 Å². The summed E-state index contributed by atoms with van der Waals surface area (Å²) in [6.45, 7) is 17.5. The van der Waals surface area contributed by atoms with Crippen LogP contribution in [0.1, 0.15) is 85.5 Å². The van der Waals surface area contributed by atoms with Gasteiger partial charge in [-0.25, -0.2) is 0 Å². The molecular formula is C20H39N. The molecule has 0 rings (SSSR count). The van der Waals surface area contributed by atoms with E-state index in [9.17, 15) is 0 Å². The standard InChI is InChI=1S/C20H39N/c1-7-18(8-2)13-11-16(5)15-20(21)17(6)12-14-19(9-3)10-4/h18-20H,5-15,21H2,1-4H3. The Balaban J connectivity index is 4.02. The lowest BCUT2D eigenvalue weighted by atomic mass is 9.89. The molecule has 0 aliphatic heterocycles. The van der Waals surface area contributed by atoms with E-state index in [1.54, 1.807) is 0 Å². The highest BCUT2D eigenvalue weighted by Crippen LogP contribution is 2.23. The van der Waals surface area contributed by atoms with E-state index in [0.717, 1.165) is 31.1 Å². The fraction of sp³-hybridized carbons (Fsp3) is 0.800. The Morgan fingerprint density at radius 3 is 1.67 bits per heavy atom. The molecule has 0 aliphatic carbocycles. The second-order valence-corrected chi connectivity index (χ2v) is 6.66. The van der Waals surface area contributed by atoms with Crippen LogP contribution in [0.2, 0.25) is 0 Å². The molecule has 0 fully saturated rings. The topological polar surface area (TPSA) is 26.0 Å². The Hall–Kier alpha value is -0.560. The van der Waals surface area contributed by atoms with E-state index in [4.69, 9.17) is 5.73 Å².